The maximum Gasteiger partial charge on any atom is 0.328 e. The minimum Gasteiger partial charge on any atom is -0.480 e. The van der Waals surface area contributed by atoms with Gasteiger partial charge >= 0.3 is 11.9 Å². The molecule has 294 valence electrons. The van der Waals surface area contributed by atoms with E-state index in [1.807, 2.05) is 0 Å². The summed E-state index contributed by atoms with van der Waals surface area (Å²) >= 11 is 0. The molecule has 2 unspecified atom stereocenters. The molecule has 0 saturated heterocycles. The van der Waals surface area contributed by atoms with Crippen molar-refractivity contribution >= 4 is 23.8 Å². The van der Waals surface area contributed by atoms with E-state index < -0.39 is 24.5 Å². The van der Waals surface area contributed by atoms with Crippen LogP contribution in [0.5, 0.6) is 0 Å². The molecular weight excluding hydrogens is 632 g/mol. The molecule has 0 spiro atoms. The third-order valence-corrected chi connectivity index (χ3v) is 9.60. The van der Waals surface area contributed by atoms with E-state index in [9.17, 15) is 19.2 Å². The summed E-state index contributed by atoms with van der Waals surface area (Å²) in [6, 6.07) is -1.38. The highest BCUT2D eigenvalue weighted by Gasteiger charge is 2.19. The zero-order valence-corrected chi connectivity index (χ0v) is 32.4. The van der Waals surface area contributed by atoms with E-state index in [2.05, 4.69) is 24.5 Å². The van der Waals surface area contributed by atoms with Gasteiger partial charge in [0.15, 0.2) is 0 Å². The van der Waals surface area contributed by atoms with Crippen molar-refractivity contribution in [1.82, 2.24) is 10.6 Å². The predicted molar refractivity (Wildman–Crippen MR) is 204 cm³/mol. The minimum absolute atomic E-state index is 0.00165. The van der Waals surface area contributed by atoms with E-state index in [0.717, 1.165) is 57.8 Å². The molecule has 0 fully saturated rings. The van der Waals surface area contributed by atoms with Gasteiger partial charge in [0.1, 0.15) is 12.1 Å². The van der Waals surface area contributed by atoms with Crippen LogP contribution in [0.4, 0.5) is 0 Å². The average molecular weight is 711 g/mol. The monoisotopic (exact) mass is 711 g/mol. The van der Waals surface area contributed by atoms with Crippen molar-refractivity contribution in [3.05, 3.63) is 0 Å². The smallest absolute Gasteiger partial charge is 0.328 e. The van der Waals surface area contributed by atoms with Crippen LogP contribution in [0.25, 0.3) is 0 Å². The van der Waals surface area contributed by atoms with Crippen LogP contribution < -0.4 is 10.6 Å². The Labute approximate surface area is 306 Å². The van der Waals surface area contributed by atoms with Crippen molar-refractivity contribution in [3.63, 3.8) is 0 Å². The van der Waals surface area contributed by atoms with Crippen molar-refractivity contribution in [1.29, 1.82) is 0 Å². The van der Waals surface area contributed by atoms with Gasteiger partial charge in [-0.2, -0.15) is 0 Å². The number of rotatable bonds is 38. The fourth-order valence-electron chi connectivity index (χ4n) is 6.36. The van der Waals surface area contributed by atoms with Crippen molar-refractivity contribution < 1.29 is 34.1 Å². The van der Waals surface area contributed by atoms with Crippen molar-refractivity contribution in [2.75, 3.05) is 13.2 Å². The van der Waals surface area contributed by atoms with Gasteiger partial charge in [0.05, 0.1) is 13.2 Å². The first kappa shape index (κ1) is 47.8. The summed E-state index contributed by atoms with van der Waals surface area (Å²) in [5, 5.41) is 22.5. The van der Waals surface area contributed by atoms with Crippen LogP contribution in [0.3, 0.4) is 0 Å². The van der Waals surface area contributed by atoms with Gasteiger partial charge in [-0.3, -0.25) is 14.4 Å². The summed E-state index contributed by atoms with van der Waals surface area (Å²) in [7, 11) is 0. The lowest BCUT2D eigenvalue weighted by molar-refractivity contribution is -0.150. The molecule has 9 nitrogen and oxygen atoms in total. The number of nitrogens with one attached hydrogen (secondary N) is 2. The number of carboxylic acid groups (broad SMARTS) is 1. The second-order valence-electron chi connectivity index (χ2n) is 14.4. The van der Waals surface area contributed by atoms with E-state index in [-0.39, 0.29) is 24.5 Å². The van der Waals surface area contributed by atoms with Gasteiger partial charge in [0, 0.05) is 12.8 Å². The maximum absolute atomic E-state index is 12.7. The Bertz CT molecular complexity index is 823. The molecule has 0 saturated carbocycles. The van der Waals surface area contributed by atoms with E-state index in [1.165, 1.54) is 122 Å². The lowest BCUT2D eigenvalue weighted by atomic mass is 10.0. The molecule has 0 aliphatic carbocycles. The first-order chi connectivity index (χ1) is 24.3. The van der Waals surface area contributed by atoms with Crippen molar-refractivity contribution in [2.45, 2.75) is 225 Å². The summed E-state index contributed by atoms with van der Waals surface area (Å²) in [5.41, 5.74) is 0. The van der Waals surface area contributed by atoms with E-state index in [1.54, 1.807) is 0 Å². The number of amides is 2. The van der Waals surface area contributed by atoms with Gasteiger partial charge < -0.3 is 25.6 Å². The fraction of sp³-hybridized carbons (Fsp3) is 0.902. The van der Waals surface area contributed by atoms with Crippen molar-refractivity contribution in [2.24, 2.45) is 0 Å². The molecule has 0 aromatic heterocycles. The average Bonchev–Trinajstić information content (AvgIpc) is 3.10. The SMILES string of the molecule is CCCCCCCCCCCCCCCCCCC(=O)OC(CCCCCCCC)CCCCCCCC(=O)NCC(=O)NC(CO)C(=O)O. The van der Waals surface area contributed by atoms with E-state index in [0.29, 0.717) is 19.3 Å². The Balaban J connectivity index is 4.06. The number of carbonyl (C=O) groups is 4. The third-order valence-electron chi connectivity index (χ3n) is 9.60. The Morgan fingerprint density at radius 3 is 1.30 bits per heavy atom. The number of aliphatic hydroxyl groups is 1. The number of aliphatic hydroxyl groups excluding tert-OH is 1. The van der Waals surface area contributed by atoms with Crippen LogP contribution in [0, 0.1) is 0 Å². The van der Waals surface area contributed by atoms with Crippen LogP contribution in [0.1, 0.15) is 213 Å². The molecule has 0 bridgehead atoms. The molecule has 0 heterocycles. The minimum atomic E-state index is -1.38. The number of ether oxygens (including phenoxy) is 1. The Morgan fingerprint density at radius 1 is 0.520 bits per heavy atom. The quantitative estimate of drug-likeness (QED) is 0.0369. The Kier molecular flexibility index (Phi) is 35.0. The van der Waals surface area contributed by atoms with Crippen LogP contribution in [0.15, 0.2) is 0 Å². The van der Waals surface area contributed by atoms with Crippen LogP contribution in [-0.2, 0) is 23.9 Å². The lowest BCUT2D eigenvalue weighted by Crippen LogP contribution is -2.47. The highest BCUT2D eigenvalue weighted by atomic mass is 16.5. The molecular formula is C41H78N2O7. The Morgan fingerprint density at radius 2 is 0.900 bits per heavy atom. The van der Waals surface area contributed by atoms with Crippen LogP contribution in [-0.4, -0.2) is 59.3 Å². The molecule has 9 heteroatoms. The number of carboxylic acids is 1. The first-order valence-electron chi connectivity index (χ1n) is 20.9. The number of aliphatic carboxylic acids is 1. The normalized spacial score (nSPS) is 12.4. The molecule has 0 aromatic rings. The number of hydrogen-bond donors (Lipinski definition) is 4. The molecule has 0 radical (unpaired) electrons. The van der Waals surface area contributed by atoms with Crippen LogP contribution >= 0.6 is 0 Å². The highest BCUT2D eigenvalue weighted by molar-refractivity contribution is 5.87. The molecule has 0 aliphatic rings. The molecule has 4 N–H and O–H groups in total. The van der Waals surface area contributed by atoms with Gasteiger partial charge in [-0.05, 0) is 38.5 Å². The van der Waals surface area contributed by atoms with Gasteiger partial charge in [-0.1, -0.05) is 162 Å². The second-order valence-corrected chi connectivity index (χ2v) is 14.4. The van der Waals surface area contributed by atoms with Crippen LogP contribution in [0.2, 0.25) is 0 Å². The van der Waals surface area contributed by atoms with E-state index >= 15 is 0 Å². The van der Waals surface area contributed by atoms with Gasteiger partial charge in [0.2, 0.25) is 11.8 Å². The van der Waals surface area contributed by atoms with Gasteiger partial charge in [-0.15, -0.1) is 0 Å². The van der Waals surface area contributed by atoms with Crippen molar-refractivity contribution in [3.8, 4) is 0 Å². The zero-order chi connectivity index (χ0) is 36.9. The highest BCUT2D eigenvalue weighted by Crippen LogP contribution is 2.19. The first-order valence-corrected chi connectivity index (χ1v) is 20.9. The summed E-state index contributed by atoms with van der Waals surface area (Å²) in [5.74, 6) is -2.28. The number of carbonyl (C=O) groups excluding carboxylic acids is 3. The summed E-state index contributed by atoms with van der Waals surface area (Å²) < 4.78 is 5.98. The number of esters is 1. The van der Waals surface area contributed by atoms with E-state index in [4.69, 9.17) is 14.9 Å². The third kappa shape index (κ3) is 33.0. The molecule has 0 aliphatic heterocycles. The second kappa shape index (κ2) is 36.6. The molecule has 2 amide bonds. The fourth-order valence-corrected chi connectivity index (χ4v) is 6.36. The Hall–Kier alpha value is -2.16. The standard InChI is InChI=1S/C41H78N2O7/c1-3-5-7-9-11-12-13-14-15-16-17-18-19-20-25-29-33-40(47)50-36(30-26-22-10-8-6-4-2)31-27-23-21-24-28-32-38(45)42-34-39(46)43-37(35-44)41(48)49/h36-37,44H,3-35H2,1-2H3,(H,42,45)(H,43,46)(H,48,49). The summed E-state index contributed by atoms with van der Waals surface area (Å²) in [4.78, 5) is 47.3. The van der Waals surface area contributed by atoms with Gasteiger partial charge in [-0.25, -0.2) is 4.79 Å². The molecule has 0 rings (SSSR count). The predicted octanol–water partition coefficient (Wildman–Crippen LogP) is 9.71. The lowest BCUT2D eigenvalue weighted by Gasteiger charge is -2.18. The zero-order valence-electron chi connectivity index (χ0n) is 32.4. The number of hydrogen-bond acceptors (Lipinski definition) is 6. The molecule has 0 aromatic carbocycles. The summed E-state index contributed by atoms with van der Waals surface area (Å²) in [6.45, 7) is 3.47. The number of unbranched alkanes of at least 4 members (excludes halogenated alkanes) is 24. The molecule has 50 heavy (non-hydrogen) atoms. The maximum atomic E-state index is 12.7. The van der Waals surface area contributed by atoms with Gasteiger partial charge in [0.25, 0.3) is 0 Å². The largest absolute Gasteiger partial charge is 0.480 e. The summed E-state index contributed by atoms with van der Waals surface area (Å²) in [6.07, 6.45) is 35.7. The molecule has 2 atom stereocenters. The topological polar surface area (TPSA) is 142 Å².